The normalized spacial score (nSPS) is 21.1. The number of hydrogen-bond donors (Lipinski definition) is 3. The van der Waals surface area contributed by atoms with Gasteiger partial charge in [0, 0.05) is 18.6 Å². The van der Waals surface area contributed by atoms with Crippen LogP contribution in [0.5, 0.6) is 0 Å². The molecule has 1 saturated heterocycles. The molecule has 1 aliphatic rings. The van der Waals surface area contributed by atoms with Crippen molar-refractivity contribution in [3.8, 4) is 0 Å². The number of likely N-dealkylation sites (N-methyl/N-ethyl adjacent to an activating group) is 1. The first-order valence-corrected chi connectivity index (χ1v) is 6.99. The van der Waals surface area contributed by atoms with Gasteiger partial charge in [0.25, 0.3) is 0 Å². The maximum absolute atomic E-state index is 11.7. The lowest BCUT2D eigenvalue weighted by Crippen LogP contribution is -2.46. The maximum Gasteiger partial charge on any atom is 0.315 e. The Hall–Kier alpha value is -1.30. The summed E-state index contributed by atoms with van der Waals surface area (Å²) in [7, 11) is 2.06. The van der Waals surface area contributed by atoms with Crippen LogP contribution in [-0.2, 0) is 4.79 Å². The molecule has 3 N–H and O–H groups in total. The quantitative estimate of drug-likeness (QED) is 0.646. The number of amides is 2. The molecule has 2 atom stereocenters. The van der Waals surface area contributed by atoms with Crippen LogP contribution in [0.15, 0.2) is 0 Å². The molecule has 1 heterocycles. The van der Waals surface area contributed by atoms with Gasteiger partial charge in [-0.05, 0) is 32.9 Å². The molecule has 0 saturated carbocycles. The van der Waals surface area contributed by atoms with Crippen molar-refractivity contribution in [3.63, 3.8) is 0 Å². The molecule has 2 unspecified atom stereocenters. The number of carbonyl (C=O) groups is 2. The highest BCUT2D eigenvalue weighted by Crippen LogP contribution is 2.13. The van der Waals surface area contributed by atoms with Crippen molar-refractivity contribution in [2.75, 3.05) is 20.1 Å². The number of aliphatic carboxylic acids is 1. The number of carboxylic acid groups (broad SMARTS) is 1. The second-order valence-corrected chi connectivity index (χ2v) is 5.21. The second kappa shape index (κ2) is 7.99. The predicted octanol–water partition coefficient (Wildman–Crippen LogP) is 1.02. The Labute approximate surface area is 114 Å². The topological polar surface area (TPSA) is 81.7 Å². The Morgan fingerprint density at radius 3 is 2.74 bits per heavy atom. The number of urea groups is 1. The summed E-state index contributed by atoms with van der Waals surface area (Å²) in [5, 5.41) is 14.4. The van der Waals surface area contributed by atoms with E-state index >= 15 is 0 Å². The summed E-state index contributed by atoms with van der Waals surface area (Å²) in [6, 6.07) is -0.154. The van der Waals surface area contributed by atoms with E-state index in [0.29, 0.717) is 19.0 Å². The van der Waals surface area contributed by atoms with E-state index in [-0.39, 0.29) is 18.5 Å². The molecule has 0 aromatic heterocycles. The van der Waals surface area contributed by atoms with Gasteiger partial charge in [-0.25, -0.2) is 4.79 Å². The standard InChI is InChI=1S/C13H25N3O3/c1-3-5-10(8-12(17)18)15-13(19)14-9-11-6-4-7-16(11)2/h10-11H,3-9H2,1-2H3,(H,17,18)(H2,14,15,19). The maximum atomic E-state index is 11.7. The first-order chi connectivity index (χ1) is 9.02. The number of nitrogens with zero attached hydrogens (tertiary/aromatic N) is 1. The molecule has 19 heavy (non-hydrogen) atoms. The third kappa shape index (κ3) is 5.92. The predicted molar refractivity (Wildman–Crippen MR) is 73.1 cm³/mol. The van der Waals surface area contributed by atoms with Crippen LogP contribution in [0.2, 0.25) is 0 Å². The third-order valence-corrected chi connectivity index (χ3v) is 3.56. The van der Waals surface area contributed by atoms with Crippen LogP contribution in [0.25, 0.3) is 0 Å². The van der Waals surface area contributed by atoms with Crippen LogP contribution < -0.4 is 10.6 Å². The Balaban J connectivity index is 2.29. The fourth-order valence-corrected chi connectivity index (χ4v) is 2.47. The minimum atomic E-state index is -0.880. The first kappa shape index (κ1) is 15.8. The molecule has 1 aliphatic heterocycles. The second-order valence-electron chi connectivity index (χ2n) is 5.21. The number of nitrogens with one attached hydrogen (secondary N) is 2. The Morgan fingerprint density at radius 2 is 2.21 bits per heavy atom. The zero-order valence-electron chi connectivity index (χ0n) is 11.8. The van der Waals surface area contributed by atoms with Gasteiger partial charge in [-0.2, -0.15) is 0 Å². The van der Waals surface area contributed by atoms with Gasteiger partial charge in [0.1, 0.15) is 0 Å². The van der Waals surface area contributed by atoms with Crippen LogP contribution in [0.1, 0.15) is 39.0 Å². The number of hydrogen-bond acceptors (Lipinski definition) is 3. The first-order valence-electron chi connectivity index (χ1n) is 6.99. The monoisotopic (exact) mass is 271 g/mol. The van der Waals surface area contributed by atoms with Crippen molar-refractivity contribution in [2.45, 2.75) is 51.1 Å². The summed E-state index contributed by atoms with van der Waals surface area (Å²) in [5.74, 6) is -0.880. The zero-order chi connectivity index (χ0) is 14.3. The molecule has 0 spiro atoms. The van der Waals surface area contributed by atoms with Gasteiger partial charge in [0.05, 0.1) is 6.42 Å². The molecule has 1 fully saturated rings. The molecule has 0 aromatic carbocycles. The van der Waals surface area contributed by atoms with E-state index in [1.807, 2.05) is 6.92 Å². The van der Waals surface area contributed by atoms with E-state index in [9.17, 15) is 9.59 Å². The van der Waals surface area contributed by atoms with Crippen molar-refractivity contribution < 1.29 is 14.7 Å². The molecule has 2 amide bonds. The van der Waals surface area contributed by atoms with Gasteiger partial charge in [-0.1, -0.05) is 13.3 Å². The van der Waals surface area contributed by atoms with E-state index in [1.54, 1.807) is 0 Å². The molecular formula is C13H25N3O3. The van der Waals surface area contributed by atoms with Crippen LogP contribution in [-0.4, -0.2) is 54.2 Å². The molecule has 0 radical (unpaired) electrons. The number of carbonyl (C=O) groups excluding carboxylic acids is 1. The van der Waals surface area contributed by atoms with Crippen molar-refractivity contribution in [2.24, 2.45) is 0 Å². The lowest BCUT2D eigenvalue weighted by molar-refractivity contribution is -0.137. The molecule has 0 aromatic rings. The highest BCUT2D eigenvalue weighted by molar-refractivity contribution is 5.75. The summed E-state index contributed by atoms with van der Waals surface area (Å²) in [4.78, 5) is 24.7. The Morgan fingerprint density at radius 1 is 1.47 bits per heavy atom. The summed E-state index contributed by atoms with van der Waals surface area (Å²) < 4.78 is 0. The van der Waals surface area contributed by atoms with Crippen LogP contribution in [0.4, 0.5) is 4.79 Å². The van der Waals surface area contributed by atoms with E-state index in [0.717, 1.165) is 19.4 Å². The number of carboxylic acids is 1. The largest absolute Gasteiger partial charge is 0.481 e. The highest BCUT2D eigenvalue weighted by atomic mass is 16.4. The van der Waals surface area contributed by atoms with E-state index in [2.05, 4.69) is 22.6 Å². The number of likely N-dealkylation sites (tertiary alicyclic amines) is 1. The molecular weight excluding hydrogens is 246 g/mol. The lowest BCUT2D eigenvalue weighted by atomic mass is 10.1. The average molecular weight is 271 g/mol. The molecule has 0 bridgehead atoms. The summed E-state index contributed by atoms with van der Waals surface area (Å²) in [5.41, 5.74) is 0. The Kier molecular flexibility index (Phi) is 6.62. The molecule has 6 nitrogen and oxygen atoms in total. The van der Waals surface area contributed by atoms with Crippen molar-refractivity contribution in [1.82, 2.24) is 15.5 Å². The third-order valence-electron chi connectivity index (χ3n) is 3.56. The molecule has 0 aliphatic carbocycles. The molecule has 1 rings (SSSR count). The fraction of sp³-hybridized carbons (Fsp3) is 0.846. The Bertz CT molecular complexity index is 310. The van der Waals surface area contributed by atoms with Crippen LogP contribution in [0.3, 0.4) is 0 Å². The van der Waals surface area contributed by atoms with Gasteiger partial charge >= 0.3 is 12.0 Å². The van der Waals surface area contributed by atoms with E-state index in [1.165, 1.54) is 6.42 Å². The van der Waals surface area contributed by atoms with Crippen molar-refractivity contribution in [3.05, 3.63) is 0 Å². The minimum Gasteiger partial charge on any atom is -0.481 e. The van der Waals surface area contributed by atoms with Gasteiger partial charge in [0.15, 0.2) is 0 Å². The summed E-state index contributed by atoms with van der Waals surface area (Å²) in [6.07, 6.45) is 3.78. The van der Waals surface area contributed by atoms with Crippen molar-refractivity contribution >= 4 is 12.0 Å². The van der Waals surface area contributed by atoms with Gasteiger partial charge < -0.3 is 20.6 Å². The van der Waals surface area contributed by atoms with E-state index < -0.39 is 5.97 Å². The summed E-state index contributed by atoms with van der Waals surface area (Å²) >= 11 is 0. The average Bonchev–Trinajstić information content (AvgIpc) is 2.71. The van der Waals surface area contributed by atoms with Crippen molar-refractivity contribution in [1.29, 1.82) is 0 Å². The number of rotatable bonds is 7. The highest BCUT2D eigenvalue weighted by Gasteiger charge is 2.21. The van der Waals surface area contributed by atoms with Gasteiger partial charge in [-0.3, -0.25) is 4.79 Å². The smallest absolute Gasteiger partial charge is 0.315 e. The SMILES string of the molecule is CCCC(CC(=O)O)NC(=O)NCC1CCCN1C. The molecule has 110 valence electrons. The lowest BCUT2D eigenvalue weighted by Gasteiger charge is -2.21. The zero-order valence-corrected chi connectivity index (χ0v) is 11.8. The van der Waals surface area contributed by atoms with Crippen LogP contribution in [0, 0.1) is 0 Å². The molecule has 6 heteroatoms. The van der Waals surface area contributed by atoms with Crippen LogP contribution >= 0.6 is 0 Å². The summed E-state index contributed by atoms with van der Waals surface area (Å²) in [6.45, 7) is 3.67. The van der Waals surface area contributed by atoms with Gasteiger partial charge in [-0.15, -0.1) is 0 Å². The fourth-order valence-electron chi connectivity index (χ4n) is 2.47. The van der Waals surface area contributed by atoms with E-state index in [4.69, 9.17) is 5.11 Å². The minimum absolute atomic E-state index is 0.0232. The van der Waals surface area contributed by atoms with Gasteiger partial charge in [0.2, 0.25) is 0 Å².